The smallest absolute Gasteiger partial charge is 0.274 e. The van der Waals surface area contributed by atoms with E-state index in [-0.39, 0.29) is 5.91 Å². The van der Waals surface area contributed by atoms with Gasteiger partial charge in [0, 0.05) is 57.2 Å². The molecule has 136 valence electrons. The molecule has 3 rings (SSSR count). The van der Waals surface area contributed by atoms with Crippen LogP contribution in [0.25, 0.3) is 0 Å². The average molecular weight is 344 g/mol. The zero-order valence-corrected chi connectivity index (χ0v) is 15.4. The van der Waals surface area contributed by atoms with Crippen molar-refractivity contribution >= 4 is 5.91 Å². The molecule has 0 radical (unpaired) electrons. The zero-order chi connectivity index (χ0) is 17.8. The number of aromatic nitrogens is 4. The van der Waals surface area contributed by atoms with E-state index in [0.717, 1.165) is 51.3 Å². The monoisotopic (exact) mass is 344 g/mol. The van der Waals surface area contributed by atoms with Gasteiger partial charge in [-0.2, -0.15) is 10.2 Å². The predicted octanol–water partition coefficient (Wildman–Crippen LogP) is 1.69. The molecular formula is C18H28N6O. The van der Waals surface area contributed by atoms with E-state index in [1.165, 1.54) is 5.56 Å². The third-order valence-corrected chi connectivity index (χ3v) is 4.52. The Morgan fingerprint density at radius 3 is 2.84 bits per heavy atom. The summed E-state index contributed by atoms with van der Waals surface area (Å²) in [4.78, 5) is 17.0. The number of H-pyrrole nitrogens is 1. The Morgan fingerprint density at radius 1 is 1.28 bits per heavy atom. The first-order chi connectivity index (χ1) is 12.0. The van der Waals surface area contributed by atoms with Gasteiger partial charge < -0.3 is 4.90 Å². The van der Waals surface area contributed by atoms with E-state index < -0.39 is 0 Å². The molecule has 0 aliphatic carbocycles. The highest BCUT2D eigenvalue weighted by Gasteiger charge is 2.22. The summed E-state index contributed by atoms with van der Waals surface area (Å²) < 4.78 is 1.83. The molecular weight excluding hydrogens is 316 g/mol. The van der Waals surface area contributed by atoms with Crippen molar-refractivity contribution in [3.8, 4) is 0 Å². The molecule has 1 aliphatic heterocycles. The Balaban J connectivity index is 1.56. The number of nitrogens with zero attached hydrogens (tertiary/aromatic N) is 5. The van der Waals surface area contributed by atoms with Crippen molar-refractivity contribution in [2.45, 2.75) is 33.2 Å². The van der Waals surface area contributed by atoms with Crippen LogP contribution in [-0.4, -0.2) is 61.9 Å². The molecule has 1 amide bonds. The van der Waals surface area contributed by atoms with Crippen molar-refractivity contribution in [1.82, 2.24) is 29.8 Å². The first-order valence-corrected chi connectivity index (χ1v) is 9.04. The molecule has 0 aromatic carbocycles. The number of rotatable bonds is 5. The van der Waals surface area contributed by atoms with E-state index in [1.807, 2.05) is 35.1 Å². The first-order valence-electron chi connectivity index (χ1n) is 9.04. The van der Waals surface area contributed by atoms with Gasteiger partial charge in [-0.15, -0.1) is 0 Å². The van der Waals surface area contributed by atoms with Crippen LogP contribution in [0, 0.1) is 5.92 Å². The Kier molecular flexibility index (Phi) is 5.53. The molecule has 1 fully saturated rings. The summed E-state index contributed by atoms with van der Waals surface area (Å²) in [6.07, 6.45) is 5.86. The molecule has 0 atom stereocenters. The van der Waals surface area contributed by atoms with Gasteiger partial charge in [0.25, 0.3) is 5.91 Å². The fourth-order valence-corrected chi connectivity index (χ4v) is 3.32. The predicted molar refractivity (Wildman–Crippen MR) is 96.1 cm³/mol. The van der Waals surface area contributed by atoms with Crippen LogP contribution in [0.3, 0.4) is 0 Å². The normalized spacial score (nSPS) is 16.4. The Labute approximate surface area is 149 Å². The molecule has 1 aliphatic rings. The lowest BCUT2D eigenvalue weighted by Crippen LogP contribution is -2.35. The van der Waals surface area contributed by atoms with Gasteiger partial charge in [0.1, 0.15) is 5.69 Å². The van der Waals surface area contributed by atoms with Crippen molar-refractivity contribution in [2.75, 3.05) is 26.2 Å². The molecule has 25 heavy (non-hydrogen) atoms. The van der Waals surface area contributed by atoms with Crippen molar-refractivity contribution in [2.24, 2.45) is 13.0 Å². The van der Waals surface area contributed by atoms with E-state index in [1.54, 1.807) is 0 Å². The summed E-state index contributed by atoms with van der Waals surface area (Å²) in [5.74, 6) is 0.581. The Hall–Kier alpha value is -2.15. The van der Waals surface area contributed by atoms with E-state index in [0.29, 0.717) is 11.6 Å². The third kappa shape index (κ3) is 4.69. The van der Waals surface area contributed by atoms with E-state index in [4.69, 9.17) is 0 Å². The van der Waals surface area contributed by atoms with Crippen LogP contribution in [0.1, 0.15) is 42.0 Å². The highest BCUT2D eigenvalue weighted by molar-refractivity contribution is 5.92. The lowest BCUT2D eigenvalue weighted by atomic mass is 10.1. The van der Waals surface area contributed by atoms with Crippen LogP contribution in [0.4, 0.5) is 0 Å². The number of nitrogens with one attached hydrogen (secondary N) is 1. The van der Waals surface area contributed by atoms with Crippen molar-refractivity contribution in [3.63, 3.8) is 0 Å². The zero-order valence-electron chi connectivity index (χ0n) is 15.4. The molecule has 2 aromatic heterocycles. The fraction of sp³-hybridized carbons (Fsp3) is 0.611. The lowest BCUT2D eigenvalue weighted by molar-refractivity contribution is 0.0755. The summed E-state index contributed by atoms with van der Waals surface area (Å²) in [5, 5.41) is 11.4. The van der Waals surface area contributed by atoms with Crippen molar-refractivity contribution in [1.29, 1.82) is 0 Å². The van der Waals surface area contributed by atoms with Gasteiger partial charge in [0.2, 0.25) is 0 Å². The quantitative estimate of drug-likeness (QED) is 0.896. The highest BCUT2D eigenvalue weighted by atomic mass is 16.2. The summed E-state index contributed by atoms with van der Waals surface area (Å²) in [6, 6.07) is 1.90. The molecule has 7 nitrogen and oxygen atoms in total. The number of carbonyl (C=O) groups is 1. The minimum Gasteiger partial charge on any atom is -0.336 e. The average Bonchev–Trinajstić information content (AvgIpc) is 3.11. The molecule has 1 N–H and O–H groups in total. The van der Waals surface area contributed by atoms with Crippen LogP contribution in [0.2, 0.25) is 0 Å². The first kappa shape index (κ1) is 17.7. The summed E-state index contributed by atoms with van der Waals surface area (Å²) in [5.41, 5.74) is 2.79. The van der Waals surface area contributed by atoms with Gasteiger partial charge in [-0.3, -0.25) is 19.5 Å². The molecule has 1 saturated heterocycles. The molecule has 0 saturated carbocycles. The summed E-state index contributed by atoms with van der Waals surface area (Å²) in [7, 11) is 1.93. The molecule has 0 bridgehead atoms. The molecule has 0 unspecified atom stereocenters. The Bertz CT molecular complexity index is 704. The van der Waals surface area contributed by atoms with Crippen molar-refractivity contribution < 1.29 is 4.79 Å². The molecule has 7 heteroatoms. The van der Waals surface area contributed by atoms with Gasteiger partial charge in [-0.1, -0.05) is 13.8 Å². The van der Waals surface area contributed by atoms with Crippen molar-refractivity contribution in [3.05, 3.63) is 35.4 Å². The van der Waals surface area contributed by atoms with Crippen LogP contribution < -0.4 is 0 Å². The molecule has 3 heterocycles. The SMILES string of the molecule is CC(C)Cc1cc(C(=O)N2CCCN(Cc3cnn(C)c3)CC2)n[nH]1. The van der Waals surface area contributed by atoms with E-state index in [2.05, 4.69) is 34.0 Å². The van der Waals surface area contributed by atoms with Crippen LogP contribution >= 0.6 is 0 Å². The van der Waals surface area contributed by atoms with Crippen LogP contribution in [-0.2, 0) is 20.0 Å². The number of hydrogen-bond acceptors (Lipinski definition) is 4. The molecule has 0 spiro atoms. The van der Waals surface area contributed by atoms with E-state index in [9.17, 15) is 4.79 Å². The highest BCUT2D eigenvalue weighted by Crippen LogP contribution is 2.12. The summed E-state index contributed by atoms with van der Waals surface area (Å²) >= 11 is 0. The van der Waals surface area contributed by atoms with Gasteiger partial charge in [-0.05, 0) is 24.8 Å². The minimum absolute atomic E-state index is 0.0366. The minimum atomic E-state index is 0.0366. The van der Waals surface area contributed by atoms with Gasteiger partial charge in [-0.25, -0.2) is 0 Å². The van der Waals surface area contributed by atoms with E-state index >= 15 is 0 Å². The second-order valence-electron chi connectivity index (χ2n) is 7.32. The number of carbonyl (C=O) groups excluding carboxylic acids is 1. The van der Waals surface area contributed by atoms with Crippen LogP contribution in [0.15, 0.2) is 18.5 Å². The maximum Gasteiger partial charge on any atom is 0.274 e. The summed E-state index contributed by atoms with van der Waals surface area (Å²) in [6.45, 7) is 8.61. The van der Waals surface area contributed by atoms with Gasteiger partial charge >= 0.3 is 0 Å². The topological polar surface area (TPSA) is 70.1 Å². The van der Waals surface area contributed by atoms with Gasteiger partial charge in [0.15, 0.2) is 0 Å². The number of aryl methyl sites for hydroxylation is 1. The second-order valence-corrected chi connectivity index (χ2v) is 7.32. The third-order valence-electron chi connectivity index (χ3n) is 4.52. The maximum atomic E-state index is 12.7. The number of amides is 1. The van der Waals surface area contributed by atoms with Gasteiger partial charge in [0.05, 0.1) is 6.20 Å². The number of aromatic amines is 1. The maximum absolute atomic E-state index is 12.7. The van der Waals surface area contributed by atoms with Crippen LogP contribution in [0.5, 0.6) is 0 Å². The number of hydrogen-bond donors (Lipinski definition) is 1. The Morgan fingerprint density at radius 2 is 2.12 bits per heavy atom. The second kappa shape index (κ2) is 7.82. The largest absolute Gasteiger partial charge is 0.336 e. The molecule has 2 aromatic rings. The fourth-order valence-electron chi connectivity index (χ4n) is 3.32. The standard InChI is InChI=1S/C18H28N6O/c1-14(2)9-16-10-17(21-20-16)18(25)24-6-4-5-23(7-8-24)13-15-11-19-22(3)12-15/h10-12,14H,4-9,13H2,1-3H3,(H,20,21). The lowest BCUT2D eigenvalue weighted by Gasteiger charge is -2.21.